The molecule has 1 saturated heterocycles. The molecule has 17 heavy (non-hydrogen) atoms. The van der Waals surface area contributed by atoms with Gasteiger partial charge >= 0.3 is 5.97 Å². The minimum Gasteiger partial charge on any atom is -0.446 e. The Kier molecular flexibility index (Phi) is 2.23. The number of hydrogen-bond acceptors (Lipinski definition) is 3. The summed E-state index contributed by atoms with van der Waals surface area (Å²) in [5.41, 5.74) is 0.637. The molecule has 0 N–H and O–H groups in total. The van der Waals surface area contributed by atoms with Crippen molar-refractivity contribution in [3.63, 3.8) is 0 Å². The smallest absolute Gasteiger partial charge is 0.307 e. The van der Waals surface area contributed by atoms with Gasteiger partial charge < -0.3 is 4.74 Å². The van der Waals surface area contributed by atoms with Crippen LogP contribution in [0.2, 0.25) is 0 Å². The van der Waals surface area contributed by atoms with Crippen LogP contribution in [0.3, 0.4) is 0 Å². The standard InChI is InChI=1S/C13H9BrO3/c14-9-3-1-8-2-4-11(15)13(10(8)7-9)6-5-12(16)17-13/h1-4,7H,5-6H2/t13-/m0/s1. The Morgan fingerprint density at radius 2 is 2.06 bits per heavy atom. The van der Waals surface area contributed by atoms with Gasteiger partial charge in [-0.25, -0.2) is 0 Å². The molecule has 86 valence electrons. The van der Waals surface area contributed by atoms with Crippen LogP contribution in [-0.4, -0.2) is 11.8 Å². The number of hydrogen-bond donors (Lipinski definition) is 0. The van der Waals surface area contributed by atoms with Crippen molar-refractivity contribution in [3.05, 3.63) is 39.9 Å². The molecule has 0 aromatic heterocycles. The predicted molar refractivity (Wildman–Crippen MR) is 65.2 cm³/mol. The fourth-order valence-electron chi connectivity index (χ4n) is 2.39. The molecule has 3 nitrogen and oxygen atoms in total. The Bertz CT molecular complexity index is 562. The van der Waals surface area contributed by atoms with E-state index in [1.807, 2.05) is 18.2 Å². The number of fused-ring (bicyclic) bond motifs is 2. The van der Waals surface area contributed by atoms with Gasteiger partial charge in [0, 0.05) is 16.5 Å². The molecule has 0 bridgehead atoms. The number of ketones is 1. The molecule has 1 spiro atoms. The summed E-state index contributed by atoms with van der Waals surface area (Å²) in [6.07, 6.45) is 3.99. The summed E-state index contributed by atoms with van der Waals surface area (Å²) in [7, 11) is 0. The number of halogens is 1. The average molecular weight is 293 g/mol. The first kappa shape index (κ1) is 10.7. The van der Waals surface area contributed by atoms with Gasteiger partial charge in [-0.05, 0) is 23.8 Å². The molecule has 1 atom stereocenters. The quantitative estimate of drug-likeness (QED) is 0.690. The molecule has 1 aliphatic heterocycles. The van der Waals surface area contributed by atoms with E-state index in [1.54, 1.807) is 6.08 Å². The Balaban J connectivity index is 2.23. The van der Waals surface area contributed by atoms with Crippen LogP contribution >= 0.6 is 15.9 Å². The zero-order valence-corrected chi connectivity index (χ0v) is 10.5. The maximum absolute atomic E-state index is 12.1. The summed E-state index contributed by atoms with van der Waals surface area (Å²) < 4.78 is 6.20. The molecule has 1 heterocycles. The summed E-state index contributed by atoms with van der Waals surface area (Å²) >= 11 is 3.38. The first-order valence-electron chi connectivity index (χ1n) is 5.36. The van der Waals surface area contributed by atoms with Gasteiger partial charge in [-0.15, -0.1) is 0 Å². The Morgan fingerprint density at radius 1 is 1.24 bits per heavy atom. The van der Waals surface area contributed by atoms with Crippen molar-refractivity contribution in [2.24, 2.45) is 0 Å². The highest BCUT2D eigenvalue weighted by molar-refractivity contribution is 9.10. The number of carbonyl (C=O) groups is 2. The number of esters is 1. The fourth-order valence-corrected chi connectivity index (χ4v) is 2.76. The number of ether oxygens (including phenoxy) is 1. The van der Waals surface area contributed by atoms with Crippen molar-refractivity contribution < 1.29 is 14.3 Å². The normalized spacial score (nSPS) is 26.2. The van der Waals surface area contributed by atoms with E-state index in [2.05, 4.69) is 15.9 Å². The number of benzene rings is 1. The van der Waals surface area contributed by atoms with E-state index in [-0.39, 0.29) is 11.8 Å². The van der Waals surface area contributed by atoms with Crippen LogP contribution in [0.1, 0.15) is 24.0 Å². The van der Waals surface area contributed by atoms with E-state index in [0.29, 0.717) is 12.8 Å². The monoisotopic (exact) mass is 292 g/mol. The van der Waals surface area contributed by atoms with Crippen LogP contribution in [-0.2, 0) is 19.9 Å². The molecule has 0 unspecified atom stereocenters. The highest BCUT2D eigenvalue weighted by Gasteiger charge is 2.49. The number of carbonyl (C=O) groups excluding carboxylic acids is 2. The lowest BCUT2D eigenvalue weighted by molar-refractivity contribution is -0.156. The fraction of sp³-hybridized carbons (Fsp3) is 0.231. The van der Waals surface area contributed by atoms with Gasteiger partial charge in [0.15, 0.2) is 5.60 Å². The second-order valence-corrected chi connectivity index (χ2v) is 5.15. The van der Waals surface area contributed by atoms with Gasteiger partial charge in [0.25, 0.3) is 0 Å². The first-order chi connectivity index (χ1) is 8.12. The van der Waals surface area contributed by atoms with E-state index in [1.165, 1.54) is 6.08 Å². The molecule has 0 amide bonds. The molecule has 0 saturated carbocycles. The van der Waals surface area contributed by atoms with Crippen molar-refractivity contribution in [1.82, 2.24) is 0 Å². The molecular weight excluding hydrogens is 284 g/mol. The van der Waals surface area contributed by atoms with Gasteiger partial charge in [0.2, 0.25) is 5.78 Å². The van der Waals surface area contributed by atoms with Crippen molar-refractivity contribution in [2.75, 3.05) is 0 Å². The summed E-state index contributed by atoms with van der Waals surface area (Å²) in [4.78, 5) is 23.4. The van der Waals surface area contributed by atoms with Crippen molar-refractivity contribution in [1.29, 1.82) is 0 Å². The highest BCUT2D eigenvalue weighted by atomic mass is 79.9. The SMILES string of the molecule is O=C1CC[C@@]2(O1)C(=O)C=Cc1ccc(Br)cc12. The minimum absolute atomic E-state index is 0.144. The zero-order valence-electron chi connectivity index (χ0n) is 8.90. The molecule has 1 fully saturated rings. The summed E-state index contributed by atoms with van der Waals surface area (Å²) in [5, 5.41) is 0. The first-order valence-corrected chi connectivity index (χ1v) is 6.15. The summed E-state index contributed by atoms with van der Waals surface area (Å²) in [5.74, 6) is -0.450. The van der Waals surface area contributed by atoms with Crippen LogP contribution in [0.4, 0.5) is 0 Å². The second kappa shape index (κ2) is 3.53. The second-order valence-electron chi connectivity index (χ2n) is 4.23. The van der Waals surface area contributed by atoms with Gasteiger partial charge in [0.05, 0.1) is 6.42 Å². The highest BCUT2D eigenvalue weighted by Crippen LogP contribution is 2.43. The molecule has 0 radical (unpaired) electrons. The van der Waals surface area contributed by atoms with Crippen LogP contribution in [0.25, 0.3) is 6.08 Å². The third kappa shape index (κ3) is 1.47. The van der Waals surface area contributed by atoms with E-state index >= 15 is 0 Å². The Morgan fingerprint density at radius 3 is 2.76 bits per heavy atom. The Hall–Kier alpha value is -1.42. The van der Waals surface area contributed by atoms with Crippen LogP contribution < -0.4 is 0 Å². The molecule has 1 aromatic carbocycles. The van der Waals surface area contributed by atoms with Crippen molar-refractivity contribution in [3.8, 4) is 0 Å². The summed E-state index contributed by atoms with van der Waals surface area (Å²) in [6.45, 7) is 0. The van der Waals surface area contributed by atoms with Crippen LogP contribution in [0.15, 0.2) is 28.7 Å². The predicted octanol–water partition coefficient (Wildman–Crippen LogP) is 2.58. The lowest BCUT2D eigenvalue weighted by Gasteiger charge is -2.29. The van der Waals surface area contributed by atoms with E-state index in [0.717, 1.165) is 15.6 Å². The topological polar surface area (TPSA) is 43.4 Å². The lowest BCUT2D eigenvalue weighted by atomic mass is 9.80. The van der Waals surface area contributed by atoms with Gasteiger partial charge in [0.1, 0.15) is 0 Å². The van der Waals surface area contributed by atoms with E-state index < -0.39 is 5.60 Å². The van der Waals surface area contributed by atoms with Crippen molar-refractivity contribution in [2.45, 2.75) is 18.4 Å². The third-order valence-corrected chi connectivity index (χ3v) is 3.73. The van der Waals surface area contributed by atoms with Crippen molar-refractivity contribution >= 4 is 33.8 Å². The number of rotatable bonds is 0. The minimum atomic E-state index is -1.08. The van der Waals surface area contributed by atoms with Crippen LogP contribution in [0, 0.1) is 0 Å². The average Bonchev–Trinajstić information content (AvgIpc) is 2.69. The van der Waals surface area contributed by atoms with Gasteiger partial charge in [-0.3, -0.25) is 9.59 Å². The summed E-state index contributed by atoms with van der Waals surface area (Å²) in [6, 6.07) is 5.68. The maximum Gasteiger partial charge on any atom is 0.307 e. The molecule has 3 rings (SSSR count). The molecule has 4 heteroatoms. The molecule has 1 aliphatic carbocycles. The van der Waals surface area contributed by atoms with E-state index in [9.17, 15) is 9.59 Å². The third-order valence-electron chi connectivity index (χ3n) is 3.23. The molecular formula is C13H9BrO3. The van der Waals surface area contributed by atoms with Gasteiger partial charge in [-0.1, -0.05) is 28.1 Å². The lowest BCUT2D eigenvalue weighted by Crippen LogP contribution is -2.36. The molecule has 2 aliphatic rings. The van der Waals surface area contributed by atoms with Gasteiger partial charge in [-0.2, -0.15) is 0 Å². The Labute approximate surface area is 107 Å². The molecule has 1 aromatic rings. The maximum atomic E-state index is 12.1. The zero-order chi connectivity index (χ0) is 12.0. The largest absolute Gasteiger partial charge is 0.446 e. The van der Waals surface area contributed by atoms with Crippen LogP contribution in [0.5, 0.6) is 0 Å². The van der Waals surface area contributed by atoms with E-state index in [4.69, 9.17) is 4.74 Å².